The van der Waals surface area contributed by atoms with Crippen molar-refractivity contribution >= 4 is 57.5 Å². The number of urea groups is 1. The van der Waals surface area contributed by atoms with Gasteiger partial charge in [0.2, 0.25) is 11.0 Å². The second kappa shape index (κ2) is 10.2. The number of unbranched alkanes of at least 4 members (excludes halogenated alkanes) is 1. The molecule has 7 nitrogen and oxygen atoms in total. The van der Waals surface area contributed by atoms with Gasteiger partial charge in [0.05, 0.1) is 5.75 Å². The average molecular weight is 400 g/mol. The molecule has 25 heavy (non-hydrogen) atoms. The zero-order valence-electron chi connectivity index (χ0n) is 13.5. The van der Waals surface area contributed by atoms with Crippen LogP contribution in [0.5, 0.6) is 0 Å². The summed E-state index contributed by atoms with van der Waals surface area (Å²) in [6.07, 6.45) is 1.86. The maximum atomic E-state index is 11.7. The molecule has 0 saturated carbocycles. The topological polar surface area (TPSA) is 96.0 Å². The third-order valence-corrected chi connectivity index (χ3v) is 5.09. The Labute approximate surface area is 158 Å². The maximum Gasteiger partial charge on any atom is 0.321 e. The molecule has 0 aliphatic carbocycles. The number of amides is 3. The molecule has 0 spiro atoms. The second-order valence-corrected chi connectivity index (χ2v) is 7.59. The van der Waals surface area contributed by atoms with Crippen molar-refractivity contribution in [3.63, 3.8) is 0 Å². The van der Waals surface area contributed by atoms with Crippen LogP contribution in [-0.2, 0) is 4.79 Å². The normalized spacial score (nSPS) is 10.3. The minimum atomic E-state index is -0.473. The highest BCUT2D eigenvalue weighted by molar-refractivity contribution is 8.01. The molecule has 3 amide bonds. The molecule has 134 valence electrons. The summed E-state index contributed by atoms with van der Waals surface area (Å²) in [6.45, 7) is 2.58. The van der Waals surface area contributed by atoms with Gasteiger partial charge in [0.25, 0.3) is 0 Å². The number of halogens is 1. The summed E-state index contributed by atoms with van der Waals surface area (Å²) in [5.74, 6) is -0.286. The zero-order chi connectivity index (χ0) is 18.1. The number of carbonyl (C=O) groups is 2. The summed E-state index contributed by atoms with van der Waals surface area (Å²) in [7, 11) is 0. The van der Waals surface area contributed by atoms with E-state index in [0.717, 1.165) is 18.5 Å². The van der Waals surface area contributed by atoms with Crippen LogP contribution in [0, 0.1) is 0 Å². The van der Waals surface area contributed by atoms with E-state index in [0.29, 0.717) is 21.0 Å². The van der Waals surface area contributed by atoms with Crippen molar-refractivity contribution in [2.24, 2.45) is 0 Å². The van der Waals surface area contributed by atoms with Gasteiger partial charge in [-0.25, -0.2) is 4.79 Å². The number of hydrogen-bond acceptors (Lipinski definition) is 7. The molecule has 2 aromatic rings. The SMILES string of the molecule is CCCCNC(=O)NC(=O)CSc1nnc(Nc2cccc(Cl)c2)s1. The smallest absolute Gasteiger partial charge is 0.321 e. The predicted octanol–water partition coefficient (Wildman–Crippen LogP) is 3.65. The van der Waals surface area contributed by atoms with Gasteiger partial charge in [0.15, 0.2) is 4.34 Å². The minimum absolute atomic E-state index is 0.0903. The number of thioether (sulfide) groups is 1. The number of hydrogen-bond donors (Lipinski definition) is 3. The quantitative estimate of drug-likeness (QED) is 0.463. The number of carbonyl (C=O) groups excluding carboxylic acids is 2. The molecule has 1 aromatic heterocycles. The Bertz CT molecular complexity index is 725. The standard InChI is InChI=1S/C15H18ClN5O2S2/c1-2-3-7-17-13(23)19-12(22)9-24-15-21-20-14(25-15)18-11-6-4-5-10(16)8-11/h4-6,8H,2-3,7,9H2,1H3,(H,18,20)(H2,17,19,22,23). The van der Waals surface area contributed by atoms with E-state index in [2.05, 4.69) is 26.1 Å². The van der Waals surface area contributed by atoms with E-state index in [9.17, 15) is 9.59 Å². The first-order valence-corrected chi connectivity index (χ1v) is 9.81. The van der Waals surface area contributed by atoms with E-state index >= 15 is 0 Å². The van der Waals surface area contributed by atoms with E-state index in [1.54, 1.807) is 12.1 Å². The Hall–Kier alpha value is -1.84. The molecule has 0 aliphatic heterocycles. The Morgan fingerprint density at radius 1 is 1.32 bits per heavy atom. The van der Waals surface area contributed by atoms with E-state index in [1.807, 2.05) is 19.1 Å². The van der Waals surface area contributed by atoms with Crippen LogP contribution >= 0.6 is 34.7 Å². The lowest BCUT2D eigenvalue weighted by Crippen LogP contribution is -2.40. The lowest BCUT2D eigenvalue weighted by atomic mass is 10.3. The van der Waals surface area contributed by atoms with Gasteiger partial charge in [-0.1, -0.05) is 54.1 Å². The second-order valence-electron chi connectivity index (χ2n) is 4.95. The maximum absolute atomic E-state index is 11.7. The minimum Gasteiger partial charge on any atom is -0.338 e. The van der Waals surface area contributed by atoms with E-state index in [4.69, 9.17) is 11.6 Å². The van der Waals surface area contributed by atoms with Gasteiger partial charge in [-0.2, -0.15) is 0 Å². The number of aromatic nitrogens is 2. The molecule has 2 rings (SSSR count). The molecule has 0 aliphatic rings. The number of nitrogens with one attached hydrogen (secondary N) is 3. The molecule has 1 aromatic carbocycles. The van der Waals surface area contributed by atoms with Crippen LogP contribution in [0.2, 0.25) is 5.02 Å². The lowest BCUT2D eigenvalue weighted by Gasteiger charge is -2.05. The van der Waals surface area contributed by atoms with Gasteiger partial charge in [-0.3, -0.25) is 10.1 Å². The number of nitrogens with zero attached hydrogens (tertiary/aromatic N) is 2. The van der Waals surface area contributed by atoms with Crippen molar-refractivity contribution in [1.82, 2.24) is 20.8 Å². The van der Waals surface area contributed by atoms with Crippen molar-refractivity contribution in [1.29, 1.82) is 0 Å². The molecule has 1 heterocycles. The van der Waals surface area contributed by atoms with E-state index in [-0.39, 0.29) is 11.7 Å². The van der Waals surface area contributed by atoms with Crippen LogP contribution in [0.4, 0.5) is 15.6 Å². The van der Waals surface area contributed by atoms with Crippen LogP contribution < -0.4 is 16.0 Å². The fourth-order valence-corrected chi connectivity index (χ4v) is 3.48. The molecule has 0 saturated heterocycles. The van der Waals surface area contributed by atoms with E-state index < -0.39 is 6.03 Å². The first kappa shape index (κ1) is 19.5. The highest BCUT2D eigenvalue weighted by Gasteiger charge is 2.11. The summed E-state index contributed by atoms with van der Waals surface area (Å²) in [5.41, 5.74) is 0.807. The number of anilines is 2. The largest absolute Gasteiger partial charge is 0.338 e. The Morgan fingerprint density at radius 2 is 2.16 bits per heavy atom. The van der Waals surface area contributed by atoms with Gasteiger partial charge < -0.3 is 10.6 Å². The van der Waals surface area contributed by atoms with Crippen LogP contribution in [0.25, 0.3) is 0 Å². The third-order valence-electron chi connectivity index (χ3n) is 2.88. The van der Waals surface area contributed by atoms with Crippen LogP contribution in [0.1, 0.15) is 19.8 Å². The van der Waals surface area contributed by atoms with Crippen LogP contribution in [0.15, 0.2) is 28.6 Å². The molecule has 0 atom stereocenters. The predicted molar refractivity (Wildman–Crippen MR) is 102 cm³/mol. The van der Waals surface area contributed by atoms with E-state index in [1.165, 1.54) is 23.1 Å². The van der Waals surface area contributed by atoms with Gasteiger partial charge >= 0.3 is 6.03 Å². The molecule has 10 heteroatoms. The third kappa shape index (κ3) is 7.29. The average Bonchev–Trinajstić information content (AvgIpc) is 3.01. The molecule has 0 radical (unpaired) electrons. The van der Waals surface area contributed by atoms with Gasteiger partial charge in [-0.15, -0.1) is 10.2 Å². The first-order valence-electron chi connectivity index (χ1n) is 7.63. The number of imide groups is 1. The molecule has 3 N–H and O–H groups in total. The van der Waals surface area contributed by atoms with Crippen molar-refractivity contribution < 1.29 is 9.59 Å². The lowest BCUT2D eigenvalue weighted by molar-refractivity contribution is -0.117. The molecule has 0 bridgehead atoms. The monoisotopic (exact) mass is 399 g/mol. The van der Waals surface area contributed by atoms with Crippen molar-refractivity contribution in [3.05, 3.63) is 29.3 Å². The summed E-state index contributed by atoms with van der Waals surface area (Å²) in [6, 6.07) is 6.78. The molecular weight excluding hydrogens is 382 g/mol. The Kier molecular flexibility index (Phi) is 7.96. The van der Waals surface area contributed by atoms with Crippen molar-refractivity contribution in [3.8, 4) is 0 Å². The Balaban J connectivity index is 1.75. The first-order chi connectivity index (χ1) is 12.1. The van der Waals surface area contributed by atoms with Crippen LogP contribution in [0.3, 0.4) is 0 Å². The van der Waals surface area contributed by atoms with Crippen molar-refractivity contribution in [2.45, 2.75) is 24.1 Å². The Morgan fingerprint density at radius 3 is 2.92 bits per heavy atom. The summed E-state index contributed by atoms with van der Waals surface area (Å²) in [5, 5.41) is 17.2. The highest BCUT2D eigenvalue weighted by atomic mass is 35.5. The summed E-state index contributed by atoms with van der Waals surface area (Å²) < 4.78 is 0.631. The van der Waals surface area contributed by atoms with Gasteiger partial charge in [0, 0.05) is 17.3 Å². The molecule has 0 unspecified atom stereocenters. The fraction of sp³-hybridized carbons (Fsp3) is 0.333. The molecule has 0 fully saturated rings. The van der Waals surface area contributed by atoms with Gasteiger partial charge in [-0.05, 0) is 24.6 Å². The summed E-state index contributed by atoms with van der Waals surface area (Å²) in [4.78, 5) is 23.2. The zero-order valence-corrected chi connectivity index (χ0v) is 15.9. The van der Waals surface area contributed by atoms with Crippen LogP contribution in [-0.4, -0.2) is 34.4 Å². The van der Waals surface area contributed by atoms with Crippen molar-refractivity contribution in [2.75, 3.05) is 17.6 Å². The summed E-state index contributed by atoms with van der Waals surface area (Å²) >= 11 is 8.47. The highest BCUT2D eigenvalue weighted by Crippen LogP contribution is 2.28. The van der Waals surface area contributed by atoms with Gasteiger partial charge in [0.1, 0.15) is 0 Å². The molecular formula is C15H18ClN5O2S2. The number of benzene rings is 1. The fourth-order valence-electron chi connectivity index (χ4n) is 1.72. The number of rotatable bonds is 8.